The molecule has 0 atom stereocenters. The first-order valence-corrected chi connectivity index (χ1v) is 11.9. The number of piperidine rings is 1. The van der Waals surface area contributed by atoms with E-state index in [9.17, 15) is 0 Å². The Labute approximate surface area is 204 Å². The third-order valence-electron chi connectivity index (χ3n) is 5.62. The van der Waals surface area contributed by atoms with Gasteiger partial charge in [0.25, 0.3) is 0 Å². The van der Waals surface area contributed by atoms with Crippen molar-refractivity contribution in [3.05, 3.63) is 60.2 Å². The van der Waals surface area contributed by atoms with E-state index in [1.54, 1.807) is 0 Å². The Bertz CT molecular complexity index is 1140. The second kappa shape index (κ2) is 10.6. The van der Waals surface area contributed by atoms with Crippen LogP contribution < -0.4 is 29.7 Å². The van der Waals surface area contributed by atoms with Crippen LogP contribution in [0.5, 0.6) is 23.1 Å². The minimum atomic E-state index is 0.397. The van der Waals surface area contributed by atoms with Crippen LogP contribution in [0.2, 0.25) is 0 Å². The zero-order chi connectivity index (χ0) is 23.2. The summed E-state index contributed by atoms with van der Waals surface area (Å²) >= 11 is 5.52. The monoisotopic (exact) mass is 477 g/mol. The summed E-state index contributed by atoms with van der Waals surface area (Å²) in [4.78, 5) is 11.5. The Morgan fingerprint density at radius 2 is 1.74 bits per heavy atom. The summed E-state index contributed by atoms with van der Waals surface area (Å²) < 4.78 is 17.2. The van der Waals surface area contributed by atoms with Gasteiger partial charge in [-0.2, -0.15) is 9.97 Å². The Balaban J connectivity index is 1.28. The largest absolute Gasteiger partial charge is 0.486 e. The number of benzene rings is 2. The molecule has 5 rings (SSSR count). The summed E-state index contributed by atoms with van der Waals surface area (Å²) in [6.45, 7) is 3.59. The highest BCUT2D eigenvalue weighted by Crippen LogP contribution is 2.31. The SMILES string of the molecule is S=C(NCc1ccc2c(c1)OCCO2)Nc1nc(Oc2ccccc2)cc(N2CCCCC2)n1. The fourth-order valence-corrected chi connectivity index (χ4v) is 4.10. The normalized spacial score (nSPS) is 14.9. The van der Waals surface area contributed by atoms with Crippen LogP contribution in [0.3, 0.4) is 0 Å². The lowest BCUT2D eigenvalue weighted by Gasteiger charge is -2.28. The molecule has 3 aromatic rings. The van der Waals surface area contributed by atoms with E-state index < -0.39 is 0 Å². The van der Waals surface area contributed by atoms with Gasteiger partial charge in [-0.25, -0.2) is 0 Å². The summed E-state index contributed by atoms with van der Waals surface area (Å²) in [7, 11) is 0. The summed E-state index contributed by atoms with van der Waals surface area (Å²) in [5, 5.41) is 6.75. The van der Waals surface area contributed by atoms with E-state index in [0.29, 0.717) is 36.7 Å². The Hall–Kier alpha value is -3.59. The molecular formula is C25H27N5O3S. The van der Waals surface area contributed by atoms with Crippen LogP contribution in [-0.2, 0) is 6.54 Å². The molecule has 8 nitrogen and oxygen atoms in total. The molecule has 0 saturated carbocycles. The van der Waals surface area contributed by atoms with Gasteiger partial charge in [0.2, 0.25) is 11.8 Å². The molecule has 3 heterocycles. The molecule has 0 spiro atoms. The highest BCUT2D eigenvalue weighted by atomic mass is 32.1. The van der Waals surface area contributed by atoms with E-state index in [4.69, 9.17) is 31.4 Å². The lowest BCUT2D eigenvalue weighted by molar-refractivity contribution is 0.171. The van der Waals surface area contributed by atoms with Gasteiger partial charge in [0.1, 0.15) is 24.8 Å². The summed E-state index contributed by atoms with van der Waals surface area (Å²) in [5.74, 6) is 3.94. The van der Waals surface area contributed by atoms with Crippen LogP contribution >= 0.6 is 12.2 Å². The van der Waals surface area contributed by atoms with Crippen molar-refractivity contribution in [1.82, 2.24) is 15.3 Å². The maximum atomic E-state index is 6.01. The van der Waals surface area contributed by atoms with Gasteiger partial charge in [-0.1, -0.05) is 24.3 Å². The van der Waals surface area contributed by atoms with Crippen molar-refractivity contribution >= 4 is 29.1 Å². The van der Waals surface area contributed by atoms with Crippen molar-refractivity contribution in [2.24, 2.45) is 0 Å². The molecule has 2 aromatic carbocycles. The molecule has 2 aliphatic heterocycles. The second-order valence-corrected chi connectivity index (χ2v) is 8.54. The third-order valence-corrected chi connectivity index (χ3v) is 5.87. The fourth-order valence-electron chi connectivity index (χ4n) is 3.94. The van der Waals surface area contributed by atoms with E-state index in [1.165, 1.54) is 6.42 Å². The summed E-state index contributed by atoms with van der Waals surface area (Å²) in [6, 6.07) is 17.4. The minimum absolute atomic E-state index is 0.397. The number of para-hydroxylation sites is 1. The molecule has 2 aliphatic rings. The van der Waals surface area contributed by atoms with Gasteiger partial charge < -0.3 is 29.7 Å². The zero-order valence-corrected chi connectivity index (χ0v) is 19.6. The van der Waals surface area contributed by atoms with Crippen molar-refractivity contribution in [3.8, 4) is 23.1 Å². The standard InChI is InChI=1S/C25H27N5O3S/c34-25(26-17-18-9-10-20-21(15-18)32-14-13-31-20)29-24-27-22(30-11-5-2-6-12-30)16-23(28-24)33-19-7-3-1-4-8-19/h1,3-4,7-10,15-16H,2,5-6,11-14,17H2,(H2,26,27,28,29,34). The van der Waals surface area contributed by atoms with Gasteiger partial charge in [0.05, 0.1) is 0 Å². The molecule has 1 saturated heterocycles. The first-order chi connectivity index (χ1) is 16.7. The highest BCUT2D eigenvalue weighted by molar-refractivity contribution is 7.80. The number of hydrogen-bond donors (Lipinski definition) is 2. The van der Waals surface area contributed by atoms with Gasteiger partial charge in [-0.15, -0.1) is 0 Å². The Morgan fingerprint density at radius 3 is 2.56 bits per heavy atom. The lowest BCUT2D eigenvalue weighted by atomic mass is 10.1. The van der Waals surface area contributed by atoms with Crippen molar-refractivity contribution in [2.45, 2.75) is 25.8 Å². The van der Waals surface area contributed by atoms with Crippen LogP contribution in [0.25, 0.3) is 0 Å². The first kappa shape index (κ1) is 22.2. The molecule has 1 aromatic heterocycles. The molecule has 0 amide bonds. The fraction of sp³-hybridized carbons (Fsp3) is 0.320. The number of nitrogens with zero attached hydrogens (tertiary/aromatic N) is 3. The van der Waals surface area contributed by atoms with Gasteiger partial charge in [-0.05, 0) is 61.3 Å². The molecule has 2 N–H and O–H groups in total. The molecule has 0 unspecified atom stereocenters. The van der Waals surface area contributed by atoms with Crippen LogP contribution in [0.4, 0.5) is 11.8 Å². The highest BCUT2D eigenvalue weighted by Gasteiger charge is 2.17. The topological polar surface area (TPSA) is 80.8 Å². The number of ether oxygens (including phenoxy) is 3. The van der Waals surface area contributed by atoms with Crippen molar-refractivity contribution in [3.63, 3.8) is 0 Å². The molecule has 0 bridgehead atoms. The van der Waals surface area contributed by atoms with E-state index in [-0.39, 0.29) is 0 Å². The second-order valence-electron chi connectivity index (χ2n) is 8.14. The molecule has 34 heavy (non-hydrogen) atoms. The molecule has 9 heteroatoms. The molecule has 0 aliphatic carbocycles. The molecule has 0 radical (unpaired) electrons. The number of aromatic nitrogens is 2. The van der Waals surface area contributed by atoms with Gasteiger partial charge in [0.15, 0.2) is 16.6 Å². The van der Waals surface area contributed by atoms with Crippen LogP contribution in [0, 0.1) is 0 Å². The number of thiocarbonyl (C=S) groups is 1. The quantitative estimate of drug-likeness (QED) is 0.498. The third kappa shape index (κ3) is 5.66. The minimum Gasteiger partial charge on any atom is -0.486 e. The van der Waals surface area contributed by atoms with Gasteiger partial charge in [0, 0.05) is 25.7 Å². The van der Waals surface area contributed by atoms with E-state index in [0.717, 1.165) is 54.6 Å². The average molecular weight is 478 g/mol. The predicted molar refractivity (Wildman–Crippen MR) is 135 cm³/mol. The van der Waals surface area contributed by atoms with Crippen molar-refractivity contribution < 1.29 is 14.2 Å². The Morgan fingerprint density at radius 1 is 0.941 bits per heavy atom. The summed E-state index contributed by atoms with van der Waals surface area (Å²) in [6.07, 6.45) is 3.54. The lowest BCUT2D eigenvalue weighted by Crippen LogP contribution is -2.31. The molecular weight excluding hydrogens is 450 g/mol. The summed E-state index contributed by atoms with van der Waals surface area (Å²) in [5.41, 5.74) is 1.03. The van der Waals surface area contributed by atoms with E-state index in [2.05, 4.69) is 20.5 Å². The van der Waals surface area contributed by atoms with E-state index in [1.807, 2.05) is 54.6 Å². The predicted octanol–water partition coefficient (Wildman–Crippen LogP) is 4.52. The molecule has 1 fully saturated rings. The Kier molecular flexibility index (Phi) is 6.90. The van der Waals surface area contributed by atoms with E-state index >= 15 is 0 Å². The number of anilines is 2. The first-order valence-electron chi connectivity index (χ1n) is 11.5. The van der Waals surface area contributed by atoms with Crippen LogP contribution in [-0.4, -0.2) is 41.4 Å². The zero-order valence-electron chi connectivity index (χ0n) is 18.8. The number of rotatable bonds is 6. The molecule has 176 valence electrons. The van der Waals surface area contributed by atoms with Crippen molar-refractivity contribution in [1.29, 1.82) is 0 Å². The van der Waals surface area contributed by atoms with Crippen LogP contribution in [0.15, 0.2) is 54.6 Å². The maximum Gasteiger partial charge on any atom is 0.234 e. The van der Waals surface area contributed by atoms with Crippen LogP contribution in [0.1, 0.15) is 24.8 Å². The van der Waals surface area contributed by atoms with Crippen molar-refractivity contribution in [2.75, 3.05) is 36.5 Å². The van der Waals surface area contributed by atoms with Gasteiger partial charge in [-0.3, -0.25) is 0 Å². The maximum absolute atomic E-state index is 6.01. The number of fused-ring (bicyclic) bond motifs is 1. The smallest absolute Gasteiger partial charge is 0.234 e. The van der Waals surface area contributed by atoms with Gasteiger partial charge >= 0.3 is 0 Å². The average Bonchev–Trinajstić information content (AvgIpc) is 2.88. The number of nitrogens with one attached hydrogen (secondary N) is 2. The number of hydrogen-bond acceptors (Lipinski definition) is 7.